The average Bonchev–Trinajstić information content (AvgIpc) is 2.75. The number of carbonyl (C=O) groups is 2. The van der Waals surface area contributed by atoms with Gasteiger partial charge in [-0.25, -0.2) is 0 Å². The molecule has 196 valence electrons. The van der Waals surface area contributed by atoms with Gasteiger partial charge in [0.2, 0.25) is 0 Å². The maximum absolute atomic E-state index is 13.7. The molecule has 0 spiro atoms. The van der Waals surface area contributed by atoms with Crippen LogP contribution in [0.3, 0.4) is 0 Å². The quantitative estimate of drug-likeness (QED) is 0.272. The minimum Gasteiger partial charge on any atom is -0.462 e. The standard InChI is InChI=1S/C29H49NO3.ClH/c1-8-20(2)18-23(31)27-21(3)12-13-24-28(5,6)15-14-25(29(24,27)7)33-26(32)19-22(4)30-16-10-9-11-17-30;/h8,20-22,24-25,27H,1,9-19H2,2-7H3;1H/t20-,21+,22?,24+,25?,27-,29-;/m1./s1. The summed E-state index contributed by atoms with van der Waals surface area (Å²) in [6, 6.07) is 0.220. The highest BCUT2D eigenvalue weighted by atomic mass is 35.5. The van der Waals surface area contributed by atoms with Crippen LogP contribution in [0.2, 0.25) is 0 Å². The number of Topliss-reactive ketones (excluding diaryl/α,β-unsaturated/α-hetero) is 1. The number of esters is 1. The van der Waals surface area contributed by atoms with Crippen molar-refractivity contribution in [1.29, 1.82) is 0 Å². The first-order valence-corrected chi connectivity index (χ1v) is 13.6. The molecule has 3 rings (SSSR count). The first kappa shape index (κ1) is 29.4. The number of hydrogen-bond donors (Lipinski definition) is 0. The van der Waals surface area contributed by atoms with Crippen LogP contribution in [0.15, 0.2) is 12.7 Å². The lowest BCUT2D eigenvalue weighted by Crippen LogP contribution is -2.60. The molecule has 1 saturated heterocycles. The zero-order valence-corrected chi connectivity index (χ0v) is 23.4. The largest absolute Gasteiger partial charge is 0.462 e. The number of halogens is 1. The van der Waals surface area contributed by atoms with Crippen molar-refractivity contribution in [2.24, 2.45) is 34.5 Å². The molecule has 2 unspecified atom stereocenters. The van der Waals surface area contributed by atoms with Gasteiger partial charge in [0.15, 0.2) is 0 Å². The number of rotatable bonds is 8. The normalized spacial score (nSPS) is 35.2. The Balaban J connectivity index is 0.00000408. The predicted molar refractivity (Wildman–Crippen MR) is 142 cm³/mol. The summed E-state index contributed by atoms with van der Waals surface area (Å²) >= 11 is 0. The lowest BCUT2D eigenvalue weighted by atomic mass is 9.44. The monoisotopic (exact) mass is 495 g/mol. The van der Waals surface area contributed by atoms with Crippen LogP contribution in [0, 0.1) is 34.5 Å². The molecule has 0 aromatic rings. The highest BCUT2D eigenvalue weighted by molar-refractivity contribution is 5.85. The fraction of sp³-hybridized carbons (Fsp3) is 0.862. The summed E-state index contributed by atoms with van der Waals surface area (Å²) in [6.45, 7) is 19.5. The van der Waals surface area contributed by atoms with E-state index in [-0.39, 0.29) is 53.2 Å². The smallest absolute Gasteiger partial charge is 0.307 e. The minimum absolute atomic E-state index is 0. The number of ketones is 1. The van der Waals surface area contributed by atoms with Crippen LogP contribution in [-0.2, 0) is 14.3 Å². The molecule has 0 radical (unpaired) electrons. The molecule has 3 aliphatic rings. The van der Waals surface area contributed by atoms with Gasteiger partial charge in [0.1, 0.15) is 11.9 Å². The molecule has 0 aromatic heterocycles. The number of fused-ring (bicyclic) bond motifs is 1. The zero-order valence-electron chi connectivity index (χ0n) is 22.6. The summed E-state index contributed by atoms with van der Waals surface area (Å²) in [6.07, 6.45) is 10.5. The Morgan fingerprint density at radius 1 is 1.06 bits per heavy atom. The van der Waals surface area contributed by atoms with E-state index >= 15 is 0 Å². The Labute approximate surface area is 215 Å². The predicted octanol–water partition coefficient (Wildman–Crippen LogP) is 6.85. The summed E-state index contributed by atoms with van der Waals surface area (Å²) < 4.78 is 6.34. The molecule has 2 aliphatic carbocycles. The fourth-order valence-electron chi connectivity index (χ4n) is 7.70. The van der Waals surface area contributed by atoms with E-state index in [1.807, 2.05) is 6.08 Å². The third-order valence-electron chi connectivity index (χ3n) is 9.61. The van der Waals surface area contributed by atoms with E-state index in [1.165, 1.54) is 19.3 Å². The van der Waals surface area contributed by atoms with E-state index in [1.54, 1.807) is 0 Å². The third kappa shape index (κ3) is 6.09. The molecule has 4 nitrogen and oxygen atoms in total. The van der Waals surface area contributed by atoms with Gasteiger partial charge >= 0.3 is 5.97 Å². The lowest BCUT2D eigenvalue weighted by Gasteiger charge is -2.61. The lowest BCUT2D eigenvalue weighted by molar-refractivity contribution is -0.198. The molecule has 0 bridgehead atoms. The first-order valence-electron chi connectivity index (χ1n) is 13.6. The molecule has 0 aromatic carbocycles. The number of allylic oxidation sites excluding steroid dienone is 1. The maximum atomic E-state index is 13.7. The van der Waals surface area contributed by atoms with Crippen LogP contribution in [0.5, 0.6) is 0 Å². The second-order valence-electron chi connectivity index (χ2n) is 12.5. The number of likely N-dealkylation sites (tertiary alicyclic amines) is 1. The summed E-state index contributed by atoms with van der Waals surface area (Å²) in [5.74, 6) is 1.08. The zero-order chi connectivity index (χ0) is 24.4. The van der Waals surface area contributed by atoms with Gasteiger partial charge in [0, 0.05) is 23.8 Å². The van der Waals surface area contributed by atoms with E-state index in [2.05, 4.69) is 53.0 Å². The Hall–Kier alpha value is -0.870. The van der Waals surface area contributed by atoms with Gasteiger partial charge in [-0.05, 0) is 81.7 Å². The summed E-state index contributed by atoms with van der Waals surface area (Å²) in [5.41, 5.74) is -0.150. The van der Waals surface area contributed by atoms with Crippen molar-refractivity contribution in [2.45, 2.75) is 111 Å². The van der Waals surface area contributed by atoms with Gasteiger partial charge in [-0.2, -0.15) is 0 Å². The molecule has 1 heterocycles. The van der Waals surface area contributed by atoms with Crippen LogP contribution in [0.1, 0.15) is 99.3 Å². The summed E-state index contributed by atoms with van der Waals surface area (Å²) in [5, 5.41) is 0. The van der Waals surface area contributed by atoms with Crippen molar-refractivity contribution in [2.75, 3.05) is 13.1 Å². The van der Waals surface area contributed by atoms with Crippen LogP contribution in [0.4, 0.5) is 0 Å². The SMILES string of the molecule is C=C[C@@H](C)CC(=O)[C@H]1[C@@H](C)CC[C@H]2C(C)(C)CCC(OC(=O)CC(C)N3CCCCC3)[C@]12C.Cl. The van der Waals surface area contributed by atoms with Gasteiger partial charge in [-0.3, -0.25) is 9.59 Å². The van der Waals surface area contributed by atoms with Crippen molar-refractivity contribution in [3.8, 4) is 0 Å². The molecular weight excluding hydrogens is 446 g/mol. The summed E-state index contributed by atoms with van der Waals surface area (Å²) in [4.78, 5) is 29.3. The Morgan fingerprint density at radius 3 is 2.32 bits per heavy atom. The Bertz CT molecular complexity index is 716. The number of nitrogens with zero attached hydrogens (tertiary/aromatic N) is 1. The third-order valence-corrected chi connectivity index (χ3v) is 9.61. The van der Waals surface area contributed by atoms with E-state index < -0.39 is 0 Å². The average molecular weight is 496 g/mol. The molecule has 5 heteroatoms. The van der Waals surface area contributed by atoms with E-state index in [9.17, 15) is 9.59 Å². The van der Waals surface area contributed by atoms with Gasteiger partial charge in [0.25, 0.3) is 0 Å². The Morgan fingerprint density at radius 2 is 1.71 bits per heavy atom. The molecule has 1 aliphatic heterocycles. The number of ether oxygens (including phenoxy) is 1. The highest BCUT2D eigenvalue weighted by Crippen LogP contribution is 2.62. The van der Waals surface area contributed by atoms with Crippen LogP contribution in [-0.4, -0.2) is 41.9 Å². The van der Waals surface area contributed by atoms with Gasteiger partial charge < -0.3 is 9.64 Å². The van der Waals surface area contributed by atoms with Crippen molar-refractivity contribution in [3.63, 3.8) is 0 Å². The maximum Gasteiger partial charge on any atom is 0.307 e. The van der Waals surface area contributed by atoms with Crippen LogP contribution >= 0.6 is 12.4 Å². The second kappa shape index (κ2) is 11.9. The first-order chi connectivity index (χ1) is 15.5. The van der Waals surface area contributed by atoms with Crippen molar-refractivity contribution in [1.82, 2.24) is 4.90 Å². The molecule has 3 fully saturated rings. The number of piperidine rings is 1. The molecule has 0 N–H and O–H groups in total. The topological polar surface area (TPSA) is 46.6 Å². The highest BCUT2D eigenvalue weighted by Gasteiger charge is 2.61. The summed E-state index contributed by atoms with van der Waals surface area (Å²) in [7, 11) is 0. The molecule has 7 atom stereocenters. The van der Waals surface area contributed by atoms with E-state index in [0.29, 0.717) is 30.5 Å². The van der Waals surface area contributed by atoms with Crippen molar-refractivity contribution >= 4 is 24.2 Å². The van der Waals surface area contributed by atoms with E-state index in [0.717, 1.165) is 38.8 Å². The Kier molecular flexibility index (Phi) is 10.3. The van der Waals surface area contributed by atoms with Crippen molar-refractivity contribution < 1.29 is 14.3 Å². The van der Waals surface area contributed by atoms with Gasteiger partial charge in [-0.1, -0.05) is 47.1 Å². The van der Waals surface area contributed by atoms with Gasteiger partial charge in [-0.15, -0.1) is 19.0 Å². The van der Waals surface area contributed by atoms with Gasteiger partial charge in [0.05, 0.1) is 6.42 Å². The molecule has 34 heavy (non-hydrogen) atoms. The fourth-order valence-corrected chi connectivity index (χ4v) is 7.70. The second-order valence-corrected chi connectivity index (χ2v) is 12.5. The minimum atomic E-state index is -0.304. The number of carbonyl (C=O) groups excluding carboxylic acids is 2. The van der Waals surface area contributed by atoms with Crippen molar-refractivity contribution in [3.05, 3.63) is 12.7 Å². The van der Waals surface area contributed by atoms with E-state index in [4.69, 9.17) is 4.74 Å². The molecule has 0 amide bonds. The molecular formula is C29H50ClNO3. The van der Waals surface area contributed by atoms with Crippen LogP contribution in [0.25, 0.3) is 0 Å². The molecule has 2 saturated carbocycles. The van der Waals surface area contributed by atoms with Crippen LogP contribution < -0.4 is 0 Å². The number of hydrogen-bond acceptors (Lipinski definition) is 4.